The van der Waals surface area contributed by atoms with Crippen molar-refractivity contribution in [3.05, 3.63) is 129 Å². The second-order valence-electron chi connectivity index (χ2n) is 12.1. The van der Waals surface area contributed by atoms with Crippen molar-refractivity contribution in [3.8, 4) is 0 Å². The van der Waals surface area contributed by atoms with E-state index in [4.69, 9.17) is 23.2 Å². The smallest absolute Gasteiger partial charge is 0.264 e. The van der Waals surface area contributed by atoms with Crippen molar-refractivity contribution in [2.75, 3.05) is 10.8 Å². The molecule has 1 aliphatic carbocycles. The maximum atomic E-state index is 14.7. The number of nitrogens with one attached hydrogen (secondary N) is 1. The number of anilines is 1. The Morgan fingerprint density at radius 2 is 1.49 bits per heavy atom. The van der Waals surface area contributed by atoms with Crippen LogP contribution >= 0.6 is 23.2 Å². The van der Waals surface area contributed by atoms with Crippen LogP contribution < -0.4 is 9.62 Å². The largest absolute Gasteiger partial charge is 0.352 e. The number of amides is 2. The number of carbonyl (C=O) groups is 2. The molecule has 1 atom stereocenters. The molecule has 1 N–H and O–H groups in total. The summed E-state index contributed by atoms with van der Waals surface area (Å²) in [6, 6.07) is 27.2. The molecule has 10 heteroatoms. The molecule has 47 heavy (non-hydrogen) atoms. The van der Waals surface area contributed by atoms with E-state index in [1.807, 2.05) is 56.3 Å². The first kappa shape index (κ1) is 34.5. The number of benzene rings is 4. The van der Waals surface area contributed by atoms with Gasteiger partial charge < -0.3 is 10.2 Å². The second-order valence-corrected chi connectivity index (χ2v) is 14.8. The van der Waals surface area contributed by atoms with Crippen molar-refractivity contribution in [1.82, 2.24) is 10.2 Å². The van der Waals surface area contributed by atoms with E-state index in [2.05, 4.69) is 5.32 Å². The summed E-state index contributed by atoms with van der Waals surface area (Å²) in [6.45, 7) is 3.17. The molecule has 0 heterocycles. The van der Waals surface area contributed by atoms with Gasteiger partial charge in [0.1, 0.15) is 12.6 Å². The summed E-state index contributed by atoms with van der Waals surface area (Å²) in [7, 11) is -4.18. The highest BCUT2D eigenvalue weighted by Gasteiger charge is 2.36. The van der Waals surface area contributed by atoms with Crippen LogP contribution in [0.5, 0.6) is 0 Å². The Balaban J connectivity index is 1.60. The topological polar surface area (TPSA) is 86.8 Å². The zero-order valence-corrected chi connectivity index (χ0v) is 28.9. The summed E-state index contributed by atoms with van der Waals surface area (Å²) < 4.78 is 29.7. The Kier molecular flexibility index (Phi) is 11.3. The number of carbonyl (C=O) groups excluding carboxylic acids is 2. The van der Waals surface area contributed by atoms with Gasteiger partial charge >= 0.3 is 0 Å². The predicted octanol–water partition coefficient (Wildman–Crippen LogP) is 7.50. The minimum absolute atomic E-state index is 0.0112. The molecule has 1 aliphatic rings. The van der Waals surface area contributed by atoms with Gasteiger partial charge in [-0.05, 0) is 79.3 Å². The molecule has 0 bridgehead atoms. The van der Waals surface area contributed by atoms with Gasteiger partial charge in [-0.3, -0.25) is 13.9 Å². The van der Waals surface area contributed by atoms with E-state index in [-0.39, 0.29) is 29.8 Å². The first-order valence-electron chi connectivity index (χ1n) is 15.8. The lowest BCUT2D eigenvalue weighted by atomic mass is 10.0. The summed E-state index contributed by atoms with van der Waals surface area (Å²) in [6.07, 6.45) is 4.05. The standard InChI is InChI=1S/C37H39Cl2N3O4S/c1-26-17-18-27(2)34(21-26)42(47(45,46)31-15-7-4-8-16-31)25-36(43)41(24-29-19-20-32(38)33(39)22-29)35(23-28-11-5-3-6-12-28)37(44)40-30-13-9-10-14-30/h3-8,11-12,15-22,30,35H,9-10,13-14,23-25H2,1-2H3,(H,40,44)/t35-/m0/s1. The van der Waals surface area contributed by atoms with Gasteiger partial charge in [0.15, 0.2) is 0 Å². The summed E-state index contributed by atoms with van der Waals surface area (Å²) in [4.78, 5) is 30.4. The van der Waals surface area contributed by atoms with Crippen LogP contribution in [-0.4, -0.2) is 43.8 Å². The maximum absolute atomic E-state index is 14.7. The number of rotatable bonds is 12. The Labute approximate surface area is 287 Å². The molecule has 0 spiro atoms. The number of nitrogens with zero attached hydrogens (tertiary/aromatic N) is 2. The average Bonchev–Trinajstić information content (AvgIpc) is 3.58. The van der Waals surface area contributed by atoms with Gasteiger partial charge in [0.05, 0.1) is 20.6 Å². The normalized spacial score (nSPS) is 14.0. The van der Waals surface area contributed by atoms with Gasteiger partial charge in [0.2, 0.25) is 11.8 Å². The van der Waals surface area contributed by atoms with Crippen LogP contribution in [0.4, 0.5) is 5.69 Å². The van der Waals surface area contributed by atoms with Crippen LogP contribution in [0.2, 0.25) is 10.0 Å². The highest BCUT2D eigenvalue weighted by molar-refractivity contribution is 7.92. The summed E-state index contributed by atoms with van der Waals surface area (Å²) >= 11 is 12.6. The number of aryl methyl sites for hydroxylation is 2. The number of hydrogen-bond donors (Lipinski definition) is 1. The van der Waals surface area contributed by atoms with Crippen LogP contribution in [0.15, 0.2) is 102 Å². The fourth-order valence-corrected chi connectivity index (χ4v) is 7.79. The molecule has 7 nitrogen and oxygen atoms in total. The van der Waals surface area contributed by atoms with E-state index in [1.165, 1.54) is 17.0 Å². The highest BCUT2D eigenvalue weighted by atomic mass is 35.5. The quantitative estimate of drug-likeness (QED) is 0.167. The van der Waals surface area contributed by atoms with Crippen LogP contribution in [0.1, 0.15) is 47.9 Å². The third-order valence-corrected chi connectivity index (χ3v) is 11.1. The Bertz CT molecular complexity index is 1810. The second kappa shape index (κ2) is 15.4. The van der Waals surface area contributed by atoms with Gasteiger partial charge in [0, 0.05) is 19.0 Å². The first-order chi connectivity index (χ1) is 22.5. The molecule has 4 aromatic rings. The van der Waals surface area contributed by atoms with Crippen LogP contribution in [0.25, 0.3) is 0 Å². The Hall–Kier alpha value is -3.85. The maximum Gasteiger partial charge on any atom is 0.264 e. The van der Waals surface area contributed by atoms with Crippen LogP contribution in [0, 0.1) is 13.8 Å². The Morgan fingerprint density at radius 3 is 2.15 bits per heavy atom. The molecule has 246 valence electrons. The molecule has 0 unspecified atom stereocenters. The lowest BCUT2D eigenvalue weighted by Gasteiger charge is -2.34. The fourth-order valence-electron chi connectivity index (χ4n) is 5.98. The van der Waals surface area contributed by atoms with Crippen molar-refractivity contribution < 1.29 is 18.0 Å². The van der Waals surface area contributed by atoms with E-state index in [0.717, 1.165) is 41.1 Å². The lowest BCUT2D eigenvalue weighted by Crippen LogP contribution is -2.54. The zero-order chi connectivity index (χ0) is 33.6. The van der Waals surface area contributed by atoms with E-state index in [1.54, 1.807) is 42.5 Å². The molecule has 4 aromatic carbocycles. The van der Waals surface area contributed by atoms with Crippen molar-refractivity contribution in [2.24, 2.45) is 0 Å². The molecule has 0 aliphatic heterocycles. The summed E-state index contributed by atoms with van der Waals surface area (Å²) in [5.41, 5.74) is 3.46. The third-order valence-electron chi connectivity index (χ3n) is 8.55. The minimum atomic E-state index is -4.18. The first-order valence-corrected chi connectivity index (χ1v) is 18.0. The van der Waals surface area contributed by atoms with Crippen LogP contribution in [-0.2, 0) is 32.6 Å². The molecule has 0 aromatic heterocycles. The molecule has 2 amide bonds. The van der Waals surface area contributed by atoms with Crippen molar-refractivity contribution in [1.29, 1.82) is 0 Å². The highest BCUT2D eigenvalue weighted by Crippen LogP contribution is 2.30. The molecular weight excluding hydrogens is 653 g/mol. The van der Waals surface area contributed by atoms with Gasteiger partial charge in [-0.1, -0.05) is 103 Å². The predicted molar refractivity (Wildman–Crippen MR) is 188 cm³/mol. The van der Waals surface area contributed by atoms with Gasteiger partial charge in [-0.2, -0.15) is 0 Å². The fraction of sp³-hybridized carbons (Fsp3) is 0.297. The molecule has 0 saturated heterocycles. The molecular formula is C37H39Cl2N3O4S. The third kappa shape index (κ3) is 8.55. The van der Waals surface area contributed by atoms with E-state index in [9.17, 15) is 18.0 Å². The van der Waals surface area contributed by atoms with Gasteiger partial charge in [0.25, 0.3) is 10.0 Å². The summed E-state index contributed by atoms with van der Waals surface area (Å²) in [5.74, 6) is -0.808. The van der Waals surface area contributed by atoms with E-state index >= 15 is 0 Å². The summed E-state index contributed by atoms with van der Waals surface area (Å²) in [5, 5.41) is 3.87. The van der Waals surface area contributed by atoms with E-state index < -0.39 is 28.5 Å². The van der Waals surface area contributed by atoms with Crippen molar-refractivity contribution >= 4 is 50.7 Å². The zero-order valence-electron chi connectivity index (χ0n) is 26.5. The van der Waals surface area contributed by atoms with Crippen LogP contribution in [0.3, 0.4) is 0 Å². The SMILES string of the molecule is Cc1ccc(C)c(N(CC(=O)N(Cc2ccc(Cl)c(Cl)c2)[C@@H](Cc2ccccc2)C(=O)NC2CCCC2)S(=O)(=O)c2ccccc2)c1. The van der Waals surface area contributed by atoms with E-state index in [0.29, 0.717) is 26.9 Å². The molecule has 0 radical (unpaired) electrons. The molecule has 1 fully saturated rings. The average molecular weight is 693 g/mol. The monoisotopic (exact) mass is 691 g/mol. The number of sulfonamides is 1. The Morgan fingerprint density at radius 1 is 0.830 bits per heavy atom. The molecule has 1 saturated carbocycles. The number of halogens is 2. The minimum Gasteiger partial charge on any atom is -0.352 e. The lowest BCUT2D eigenvalue weighted by molar-refractivity contribution is -0.140. The van der Waals surface area contributed by atoms with Gasteiger partial charge in [-0.15, -0.1) is 0 Å². The molecule has 5 rings (SSSR count). The van der Waals surface area contributed by atoms with Gasteiger partial charge in [-0.25, -0.2) is 8.42 Å². The number of hydrogen-bond acceptors (Lipinski definition) is 4. The van der Waals surface area contributed by atoms with Crippen molar-refractivity contribution in [3.63, 3.8) is 0 Å². The van der Waals surface area contributed by atoms with Crippen molar-refractivity contribution in [2.45, 2.75) is 69.5 Å².